The summed E-state index contributed by atoms with van der Waals surface area (Å²) in [6, 6.07) is 0. The van der Waals surface area contributed by atoms with Gasteiger partial charge in [-0.3, -0.25) is 9.59 Å². The molecule has 0 saturated carbocycles. The highest BCUT2D eigenvalue weighted by Gasteiger charge is 2.36. The van der Waals surface area contributed by atoms with E-state index >= 15 is 0 Å². The minimum absolute atomic E-state index is 0.0916. The maximum absolute atomic E-state index is 11.0. The summed E-state index contributed by atoms with van der Waals surface area (Å²) < 4.78 is 4.43. The number of rotatable bonds is 2. The van der Waals surface area contributed by atoms with Crippen LogP contribution in [0.3, 0.4) is 0 Å². The van der Waals surface area contributed by atoms with Gasteiger partial charge in [0.25, 0.3) is 0 Å². The average Bonchev–Trinajstić information content (AvgIpc) is 2.30. The zero-order valence-electron chi connectivity index (χ0n) is 7.24. The zero-order chi connectivity index (χ0) is 9.14. The lowest BCUT2D eigenvalue weighted by molar-refractivity contribution is -0.153. The van der Waals surface area contributed by atoms with E-state index in [4.69, 9.17) is 0 Å². The third-order valence-corrected chi connectivity index (χ3v) is 2.03. The van der Waals surface area contributed by atoms with Gasteiger partial charge in [0.05, 0.1) is 12.3 Å². The molecule has 12 heavy (non-hydrogen) atoms. The van der Waals surface area contributed by atoms with Crippen LogP contribution >= 0.6 is 0 Å². The molecule has 2 atom stereocenters. The number of esters is 2. The number of cyclic esters (lactones) is 2. The van der Waals surface area contributed by atoms with E-state index in [1.165, 1.54) is 0 Å². The Morgan fingerprint density at radius 3 is 2.67 bits per heavy atom. The molecule has 66 valence electrons. The van der Waals surface area contributed by atoms with Gasteiger partial charge in [-0.25, -0.2) is 0 Å². The lowest BCUT2D eigenvalue weighted by atomic mass is 9.92. The lowest BCUT2D eigenvalue weighted by Crippen LogP contribution is -2.14. The molecule has 0 spiro atoms. The minimum Gasteiger partial charge on any atom is -0.393 e. The topological polar surface area (TPSA) is 43.4 Å². The van der Waals surface area contributed by atoms with Crippen LogP contribution in [-0.2, 0) is 14.3 Å². The Hall–Kier alpha value is -1.12. The predicted molar refractivity (Wildman–Crippen MR) is 43.2 cm³/mol. The SMILES string of the molecule is C/C=C\C(C)C1CC(=O)OC1=O. The van der Waals surface area contributed by atoms with Gasteiger partial charge in [-0.15, -0.1) is 0 Å². The lowest BCUT2D eigenvalue weighted by Gasteiger charge is -2.08. The molecule has 0 radical (unpaired) electrons. The third-order valence-electron chi connectivity index (χ3n) is 2.03. The van der Waals surface area contributed by atoms with Gasteiger partial charge in [0.2, 0.25) is 0 Å². The van der Waals surface area contributed by atoms with E-state index in [0.717, 1.165) is 0 Å². The van der Waals surface area contributed by atoms with Crippen LogP contribution in [0.4, 0.5) is 0 Å². The number of hydrogen-bond acceptors (Lipinski definition) is 3. The van der Waals surface area contributed by atoms with Crippen LogP contribution in [0.15, 0.2) is 12.2 Å². The smallest absolute Gasteiger partial charge is 0.317 e. The van der Waals surface area contributed by atoms with Gasteiger partial charge >= 0.3 is 11.9 Å². The maximum atomic E-state index is 11.0. The molecule has 0 N–H and O–H groups in total. The van der Waals surface area contributed by atoms with Crippen molar-refractivity contribution in [2.24, 2.45) is 11.8 Å². The molecule has 1 aliphatic heterocycles. The van der Waals surface area contributed by atoms with Crippen LogP contribution in [-0.4, -0.2) is 11.9 Å². The first-order chi connectivity index (χ1) is 5.65. The van der Waals surface area contributed by atoms with Crippen molar-refractivity contribution < 1.29 is 14.3 Å². The third kappa shape index (κ3) is 1.72. The monoisotopic (exact) mass is 168 g/mol. The number of allylic oxidation sites excluding steroid dienone is 2. The molecule has 1 heterocycles. The van der Waals surface area contributed by atoms with E-state index in [0.29, 0.717) is 0 Å². The maximum Gasteiger partial charge on any atom is 0.317 e. The van der Waals surface area contributed by atoms with E-state index in [1.807, 2.05) is 26.0 Å². The summed E-state index contributed by atoms with van der Waals surface area (Å²) in [5.41, 5.74) is 0. The summed E-state index contributed by atoms with van der Waals surface area (Å²) in [5, 5.41) is 0. The Morgan fingerprint density at radius 2 is 2.25 bits per heavy atom. The highest BCUT2D eigenvalue weighted by atomic mass is 16.6. The second-order valence-corrected chi connectivity index (χ2v) is 2.99. The molecular weight excluding hydrogens is 156 g/mol. The van der Waals surface area contributed by atoms with Crippen molar-refractivity contribution >= 4 is 11.9 Å². The van der Waals surface area contributed by atoms with E-state index in [-0.39, 0.29) is 24.2 Å². The molecule has 1 aliphatic rings. The standard InChI is InChI=1S/C9H12O3/c1-3-4-6(2)7-5-8(10)12-9(7)11/h3-4,6-7H,5H2,1-2H3/b4-3-. The van der Waals surface area contributed by atoms with Crippen LogP contribution in [0, 0.1) is 11.8 Å². The van der Waals surface area contributed by atoms with Crippen LogP contribution in [0.25, 0.3) is 0 Å². The summed E-state index contributed by atoms with van der Waals surface area (Å²) in [6.45, 7) is 3.79. The van der Waals surface area contributed by atoms with E-state index in [9.17, 15) is 9.59 Å². The molecule has 0 amide bonds. The second kappa shape index (κ2) is 3.52. The van der Waals surface area contributed by atoms with Gasteiger partial charge in [0, 0.05) is 0 Å². The Labute approximate surface area is 71.4 Å². The van der Waals surface area contributed by atoms with Crippen LogP contribution < -0.4 is 0 Å². The van der Waals surface area contributed by atoms with Crippen molar-refractivity contribution in [2.45, 2.75) is 20.3 Å². The number of carbonyl (C=O) groups is 2. The van der Waals surface area contributed by atoms with Crippen LogP contribution in [0.2, 0.25) is 0 Å². The highest BCUT2D eigenvalue weighted by molar-refractivity contribution is 5.94. The molecule has 1 rings (SSSR count). The van der Waals surface area contributed by atoms with E-state index in [2.05, 4.69) is 4.74 Å². The van der Waals surface area contributed by atoms with Crippen molar-refractivity contribution in [3.8, 4) is 0 Å². The predicted octanol–water partition coefficient (Wildman–Crippen LogP) is 1.29. The molecule has 1 fully saturated rings. The Kier molecular flexibility index (Phi) is 2.63. The fourth-order valence-electron chi connectivity index (χ4n) is 1.33. The largest absolute Gasteiger partial charge is 0.393 e. The quantitative estimate of drug-likeness (QED) is 0.354. The van der Waals surface area contributed by atoms with Gasteiger partial charge in [-0.05, 0) is 12.8 Å². The molecule has 3 nitrogen and oxygen atoms in total. The first-order valence-electron chi connectivity index (χ1n) is 4.02. The van der Waals surface area contributed by atoms with Gasteiger partial charge in [-0.1, -0.05) is 19.1 Å². The fraction of sp³-hybridized carbons (Fsp3) is 0.556. The molecule has 0 aromatic carbocycles. The molecule has 0 bridgehead atoms. The van der Waals surface area contributed by atoms with Crippen molar-refractivity contribution in [3.05, 3.63) is 12.2 Å². The van der Waals surface area contributed by atoms with Crippen molar-refractivity contribution in [1.82, 2.24) is 0 Å². The summed E-state index contributed by atoms with van der Waals surface area (Å²) in [7, 11) is 0. The van der Waals surface area contributed by atoms with Crippen LogP contribution in [0.5, 0.6) is 0 Å². The highest BCUT2D eigenvalue weighted by Crippen LogP contribution is 2.24. The van der Waals surface area contributed by atoms with Crippen molar-refractivity contribution in [2.75, 3.05) is 0 Å². The summed E-state index contributed by atoms with van der Waals surface area (Å²) >= 11 is 0. The van der Waals surface area contributed by atoms with Crippen molar-refractivity contribution in [3.63, 3.8) is 0 Å². The second-order valence-electron chi connectivity index (χ2n) is 2.99. The molecule has 0 aromatic heterocycles. The van der Waals surface area contributed by atoms with Gasteiger partial charge in [-0.2, -0.15) is 0 Å². The summed E-state index contributed by atoms with van der Waals surface area (Å²) in [6.07, 6.45) is 4.01. The first-order valence-corrected chi connectivity index (χ1v) is 4.02. The van der Waals surface area contributed by atoms with E-state index < -0.39 is 5.97 Å². The van der Waals surface area contributed by atoms with Gasteiger partial charge < -0.3 is 4.74 Å². The Balaban J connectivity index is 2.63. The summed E-state index contributed by atoms with van der Waals surface area (Å²) in [4.78, 5) is 21.7. The van der Waals surface area contributed by atoms with Crippen molar-refractivity contribution in [1.29, 1.82) is 0 Å². The fourth-order valence-corrected chi connectivity index (χ4v) is 1.33. The molecule has 0 aromatic rings. The number of ether oxygens (including phenoxy) is 1. The van der Waals surface area contributed by atoms with Crippen LogP contribution in [0.1, 0.15) is 20.3 Å². The number of carbonyl (C=O) groups excluding carboxylic acids is 2. The van der Waals surface area contributed by atoms with E-state index in [1.54, 1.807) is 0 Å². The first kappa shape index (κ1) is 8.97. The number of hydrogen-bond donors (Lipinski definition) is 0. The zero-order valence-corrected chi connectivity index (χ0v) is 7.24. The van der Waals surface area contributed by atoms with Gasteiger partial charge in [0.1, 0.15) is 0 Å². The minimum atomic E-state index is -0.402. The molecule has 1 saturated heterocycles. The Bertz CT molecular complexity index is 230. The molecule has 0 aliphatic carbocycles. The molecular formula is C9H12O3. The normalized spacial score (nSPS) is 26.3. The average molecular weight is 168 g/mol. The van der Waals surface area contributed by atoms with Gasteiger partial charge in [0.15, 0.2) is 0 Å². The molecule has 3 heteroatoms. The molecule has 2 unspecified atom stereocenters. The Morgan fingerprint density at radius 1 is 1.58 bits per heavy atom. The summed E-state index contributed by atoms with van der Waals surface area (Å²) in [5.74, 6) is -0.963.